The van der Waals surface area contributed by atoms with E-state index in [2.05, 4.69) is 50.3 Å². The summed E-state index contributed by atoms with van der Waals surface area (Å²) in [4.78, 5) is 37.1. The third-order valence-electron chi connectivity index (χ3n) is 7.42. The Bertz CT molecular complexity index is 913. The van der Waals surface area contributed by atoms with E-state index in [-0.39, 0.29) is 26.1 Å². The second-order valence-electron chi connectivity index (χ2n) is 13.2. The van der Waals surface area contributed by atoms with Gasteiger partial charge in [-0.15, -0.1) is 0 Å². The van der Waals surface area contributed by atoms with Crippen LogP contribution in [0.25, 0.3) is 0 Å². The molecule has 47 heavy (non-hydrogen) atoms. The van der Waals surface area contributed by atoms with Gasteiger partial charge in [0.1, 0.15) is 19.8 Å². The van der Waals surface area contributed by atoms with Crippen LogP contribution in [0.2, 0.25) is 0 Å². The van der Waals surface area contributed by atoms with Gasteiger partial charge in [-0.3, -0.25) is 14.2 Å². The second kappa shape index (κ2) is 30.3. The average Bonchev–Trinajstić information content (AvgIpc) is 3.01. The highest BCUT2D eigenvalue weighted by Crippen LogP contribution is 2.38. The fourth-order valence-electron chi connectivity index (χ4n) is 4.55. The summed E-state index contributed by atoms with van der Waals surface area (Å²) in [7, 11) is 1.15. The van der Waals surface area contributed by atoms with Crippen LogP contribution in [0.4, 0.5) is 0 Å². The minimum absolute atomic E-state index is 0.0333. The number of hydrogen-bond donors (Lipinski definition) is 0. The highest BCUT2D eigenvalue weighted by atomic mass is 31.2. The Balaban J connectivity index is 4.37. The molecule has 274 valence electrons. The molecule has 0 aliphatic carbocycles. The van der Waals surface area contributed by atoms with Crippen LogP contribution in [0.5, 0.6) is 0 Å². The number of unbranched alkanes of at least 4 members (excludes halogenated alkanes) is 12. The van der Waals surface area contributed by atoms with Gasteiger partial charge in [0, 0.05) is 12.8 Å². The second-order valence-corrected chi connectivity index (χ2v) is 14.6. The number of ether oxygens (including phenoxy) is 2. The molecule has 9 nitrogen and oxygen atoms in total. The van der Waals surface area contributed by atoms with E-state index in [0.29, 0.717) is 17.4 Å². The van der Waals surface area contributed by atoms with Crippen molar-refractivity contribution in [3.8, 4) is 0 Å². The van der Waals surface area contributed by atoms with Crippen LogP contribution in [0, 0.1) is 0 Å². The Morgan fingerprint density at radius 1 is 0.681 bits per heavy atom. The summed E-state index contributed by atoms with van der Waals surface area (Å²) in [6, 6.07) is 0. The van der Waals surface area contributed by atoms with Gasteiger partial charge in [-0.25, -0.2) is 0 Å². The van der Waals surface area contributed by atoms with Gasteiger partial charge in [0.05, 0.1) is 27.7 Å². The average molecular weight is 686 g/mol. The van der Waals surface area contributed by atoms with E-state index in [9.17, 15) is 19.0 Å². The van der Waals surface area contributed by atoms with Crippen LogP contribution in [0.3, 0.4) is 0 Å². The predicted octanol–water partition coefficient (Wildman–Crippen LogP) is 8.77. The highest BCUT2D eigenvalue weighted by molar-refractivity contribution is 7.45. The molecule has 0 N–H and O–H groups in total. The standard InChI is InChI=1S/C37H68NO8P/c1-6-8-10-12-14-15-16-17-18-19-20-21-22-23-24-26-28-30-37(40)46-35(33-43-36(39)29-27-25-13-11-9-7-2)34-45-47(41,42)44-32-31-38(3,4)5/h8,10,14-15,17-18,35H,6-7,9,11-13,16,19-34H2,1-5H3/b10-8-,15-14-,18-17-. The molecule has 10 heteroatoms. The molecular weight excluding hydrogens is 617 g/mol. The van der Waals surface area contributed by atoms with Gasteiger partial charge in [0.25, 0.3) is 7.82 Å². The molecule has 0 aliphatic rings. The lowest BCUT2D eigenvalue weighted by Gasteiger charge is -2.28. The van der Waals surface area contributed by atoms with Crippen LogP contribution in [-0.2, 0) is 32.7 Å². The number of rotatable bonds is 32. The number of quaternary nitrogens is 1. The first kappa shape index (κ1) is 45.2. The van der Waals surface area contributed by atoms with E-state index in [1.165, 1.54) is 25.7 Å². The molecule has 0 spiro atoms. The molecule has 0 amide bonds. The van der Waals surface area contributed by atoms with Crippen LogP contribution in [0.15, 0.2) is 36.5 Å². The van der Waals surface area contributed by atoms with Crippen molar-refractivity contribution in [2.45, 2.75) is 142 Å². The Labute approximate surface area is 287 Å². The van der Waals surface area contributed by atoms with Crippen LogP contribution >= 0.6 is 7.82 Å². The van der Waals surface area contributed by atoms with Crippen molar-refractivity contribution in [1.82, 2.24) is 0 Å². The molecule has 0 fully saturated rings. The number of carbonyl (C=O) groups excluding carboxylic acids is 2. The lowest BCUT2D eigenvalue weighted by Crippen LogP contribution is -2.37. The molecule has 2 unspecified atom stereocenters. The van der Waals surface area contributed by atoms with Gasteiger partial charge < -0.3 is 27.9 Å². The molecule has 0 saturated heterocycles. The SMILES string of the molecule is CC/C=C\C/C=C\C/C=C\CCCCCCCCCC(=O)OC(COC(=O)CCCCCCCC)COP(=O)([O-])OCC[N+](C)(C)C. The molecule has 0 saturated carbocycles. The van der Waals surface area contributed by atoms with E-state index in [0.717, 1.165) is 77.0 Å². The van der Waals surface area contributed by atoms with Gasteiger partial charge in [-0.2, -0.15) is 0 Å². The van der Waals surface area contributed by atoms with Gasteiger partial charge in [0.15, 0.2) is 6.10 Å². The first-order valence-electron chi connectivity index (χ1n) is 18.2. The fourth-order valence-corrected chi connectivity index (χ4v) is 5.28. The van der Waals surface area contributed by atoms with E-state index in [1.807, 2.05) is 21.1 Å². The van der Waals surface area contributed by atoms with Crippen LogP contribution in [0.1, 0.15) is 136 Å². The quantitative estimate of drug-likeness (QED) is 0.0227. The van der Waals surface area contributed by atoms with E-state index in [4.69, 9.17) is 18.5 Å². The van der Waals surface area contributed by atoms with Crippen molar-refractivity contribution in [2.75, 3.05) is 47.5 Å². The van der Waals surface area contributed by atoms with Crippen molar-refractivity contribution < 1.29 is 42.1 Å². The zero-order chi connectivity index (χ0) is 35.1. The molecule has 0 radical (unpaired) electrons. The highest BCUT2D eigenvalue weighted by Gasteiger charge is 2.21. The normalized spacial score (nSPS) is 14.3. The zero-order valence-corrected chi connectivity index (χ0v) is 31.4. The van der Waals surface area contributed by atoms with Gasteiger partial charge in [0.2, 0.25) is 0 Å². The van der Waals surface area contributed by atoms with Gasteiger partial charge in [-0.05, 0) is 44.9 Å². The summed E-state index contributed by atoms with van der Waals surface area (Å²) in [5.41, 5.74) is 0. The number of likely N-dealkylation sites (N-methyl/N-ethyl adjacent to an activating group) is 1. The molecule has 0 heterocycles. The number of allylic oxidation sites excluding steroid dienone is 6. The Hall–Kier alpha value is -1.77. The minimum Gasteiger partial charge on any atom is -0.756 e. The summed E-state index contributed by atoms with van der Waals surface area (Å²) in [6.07, 6.45) is 30.6. The Morgan fingerprint density at radius 3 is 1.81 bits per heavy atom. The first-order chi connectivity index (χ1) is 22.5. The van der Waals surface area contributed by atoms with Crippen molar-refractivity contribution in [3.63, 3.8) is 0 Å². The maximum absolute atomic E-state index is 12.6. The summed E-state index contributed by atoms with van der Waals surface area (Å²) in [5, 5.41) is 0. The number of phosphoric ester groups is 1. The minimum atomic E-state index is -4.61. The largest absolute Gasteiger partial charge is 0.756 e. The molecule has 0 aliphatic heterocycles. The van der Waals surface area contributed by atoms with Crippen molar-refractivity contribution >= 4 is 19.8 Å². The molecule has 0 aromatic heterocycles. The lowest BCUT2D eigenvalue weighted by atomic mass is 10.1. The predicted molar refractivity (Wildman–Crippen MR) is 190 cm³/mol. The monoisotopic (exact) mass is 685 g/mol. The summed E-state index contributed by atoms with van der Waals surface area (Å²) >= 11 is 0. The molecule has 0 bridgehead atoms. The molecule has 0 aromatic rings. The lowest BCUT2D eigenvalue weighted by molar-refractivity contribution is -0.870. The number of hydrogen-bond acceptors (Lipinski definition) is 8. The van der Waals surface area contributed by atoms with Crippen LogP contribution in [-0.4, -0.2) is 70.0 Å². The molecule has 0 rings (SSSR count). The molecular formula is C37H68NO8P. The Kier molecular flexibility index (Phi) is 29.2. The Morgan fingerprint density at radius 2 is 1.21 bits per heavy atom. The number of carbonyl (C=O) groups is 2. The van der Waals surface area contributed by atoms with E-state index < -0.39 is 32.5 Å². The molecule has 0 aromatic carbocycles. The smallest absolute Gasteiger partial charge is 0.306 e. The van der Waals surface area contributed by atoms with Crippen molar-refractivity contribution in [3.05, 3.63) is 36.5 Å². The number of phosphoric acid groups is 1. The fraction of sp³-hybridized carbons (Fsp3) is 0.784. The maximum Gasteiger partial charge on any atom is 0.306 e. The van der Waals surface area contributed by atoms with Crippen molar-refractivity contribution in [2.24, 2.45) is 0 Å². The third kappa shape index (κ3) is 33.9. The summed E-state index contributed by atoms with van der Waals surface area (Å²) < 4.78 is 33.6. The van der Waals surface area contributed by atoms with Crippen molar-refractivity contribution in [1.29, 1.82) is 0 Å². The van der Waals surface area contributed by atoms with Gasteiger partial charge in [-0.1, -0.05) is 115 Å². The zero-order valence-electron chi connectivity index (χ0n) is 30.5. The maximum atomic E-state index is 12.6. The summed E-state index contributed by atoms with van der Waals surface area (Å²) in [5.74, 6) is -0.860. The number of nitrogens with zero attached hydrogens (tertiary/aromatic N) is 1. The van der Waals surface area contributed by atoms with Gasteiger partial charge >= 0.3 is 11.9 Å². The molecule has 2 atom stereocenters. The summed E-state index contributed by atoms with van der Waals surface area (Å²) in [6.45, 7) is 4.01. The third-order valence-corrected chi connectivity index (χ3v) is 8.39. The van der Waals surface area contributed by atoms with E-state index >= 15 is 0 Å². The number of esters is 2. The topological polar surface area (TPSA) is 111 Å². The van der Waals surface area contributed by atoms with E-state index in [1.54, 1.807) is 0 Å². The first-order valence-corrected chi connectivity index (χ1v) is 19.7. The van der Waals surface area contributed by atoms with Crippen LogP contribution < -0.4 is 4.89 Å².